The van der Waals surface area contributed by atoms with E-state index in [1.54, 1.807) is 0 Å². The van der Waals surface area contributed by atoms with E-state index in [9.17, 15) is 0 Å². The second-order valence-electron chi connectivity index (χ2n) is 6.80. The van der Waals surface area contributed by atoms with E-state index in [0.717, 1.165) is 18.0 Å². The van der Waals surface area contributed by atoms with Crippen LogP contribution in [0.5, 0.6) is 0 Å². The van der Waals surface area contributed by atoms with Crippen molar-refractivity contribution in [3.05, 3.63) is 0 Å². The first-order valence-corrected chi connectivity index (χ1v) is 8.11. The molecule has 18 heavy (non-hydrogen) atoms. The fourth-order valence-corrected chi connectivity index (χ4v) is 3.83. The van der Waals surface area contributed by atoms with E-state index in [1.165, 1.54) is 51.6 Å². The first-order valence-electron chi connectivity index (χ1n) is 8.11. The molecule has 1 heterocycles. The highest BCUT2D eigenvalue weighted by Crippen LogP contribution is 2.32. The van der Waals surface area contributed by atoms with Crippen LogP contribution in [0.4, 0.5) is 0 Å². The summed E-state index contributed by atoms with van der Waals surface area (Å²) in [6, 6.07) is 1.57. The van der Waals surface area contributed by atoms with Gasteiger partial charge in [0.05, 0.1) is 0 Å². The summed E-state index contributed by atoms with van der Waals surface area (Å²) < 4.78 is 0. The summed E-state index contributed by atoms with van der Waals surface area (Å²) >= 11 is 0. The van der Waals surface area contributed by atoms with Gasteiger partial charge in [0, 0.05) is 30.7 Å². The van der Waals surface area contributed by atoms with Crippen LogP contribution < -0.4 is 5.32 Å². The molecule has 0 amide bonds. The normalized spacial score (nSPS) is 37.7. The van der Waals surface area contributed by atoms with Gasteiger partial charge in [0.15, 0.2) is 0 Å². The number of nitrogens with zero attached hydrogens (tertiary/aromatic N) is 1. The summed E-state index contributed by atoms with van der Waals surface area (Å²) in [5.74, 6) is 0.960. The van der Waals surface area contributed by atoms with Crippen LogP contribution in [0.1, 0.15) is 66.2 Å². The van der Waals surface area contributed by atoms with Crippen molar-refractivity contribution in [1.29, 1.82) is 0 Å². The minimum absolute atomic E-state index is 0.384. The molecule has 0 bridgehead atoms. The van der Waals surface area contributed by atoms with Crippen molar-refractivity contribution in [3.8, 4) is 0 Å². The zero-order chi connectivity index (χ0) is 13.2. The molecule has 2 aliphatic rings. The molecule has 0 aromatic carbocycles. The molecular weight excluding hydrogens is 220 g/mol. The minimum atomic E-state index is 0.384. The van der Waals surface area contributed by atoms with E-state index in [2.05, 4.69) is 37.9 Å². The fourth-order valence-electron chi connectivity index (χ4n) is 3.83. The van der Waals surface area contributed by atoms with Gasteiger partial charge in [-0.1, -0.05) is 20.8 Å². The monoisotopic (exact) mass is 252 g/mol. The highest BCUT2D eigenvalue weighted by molar-refractivity contribution is 4.98. The van der Waals surface area contributed by atoms with Crippen LogP contribution in [0.2, 0.25) is 0 Å². The largest absolute Gasteiger partial charge is 0.308 e. The van der Waals surface area contributed by atoms with Crippen molar-refractivity contribution in [2.75, 3.05) is 13.1 Å². The van der Waals surface area contributed by atoms with Gasteiger partial charge in [0.25, 0.3) is 0 Å². The van der Waals surface area contributed by atoms with Gasteiger partial charge in [-0.05, 0) is 51.4 Å². The molecule has 1 saturated heterocycles. The highest BCUT2D eigenvalue weighted by Gasteiger charge is 2.38. The summed E-state index contributed by atoms with van der Waals surface area (Å²) in [6.45, 7) is 11.9. The topological polar surface area (TPSA) is 15.3 Å². The van der Waals surface area contributed by atoms with E-state index in [0.29, 0.717) is 5.54 Å². The summed E-state index contributed by atoms with van der Waals surface area (Å²) in [6.07, 6.45) is 8.24. The number of hydrogen-bond donors (Lipinski definition) is 1. The molecule has 1 unspecified atom stereocenters. The zero-order valence-corrected chi connectivity index (χ0v) is 12.8. The Labute approximate surface area is 114 Å². The number of nitrogens with one attached hydrogen (secondary N) is 1. The lowest BCUT2D eigenvalue weighted by Crippen LogP contribution is -2.65. The molecule has 0 aromatic rings. The Balaban J connectivity index is 2.01. The van der Waals surface area contributed by atoms with Crippen LogP contribution in [0.3, 0.4) is 0 Å². The van der Waals surface area contributed by atoms with Gasteiger partial charge in [-0.2, -0.15) is 0 Å². The highest BCUT2D eigenvalue weighted by atomic mass is 15.3. The molecule has 2 fully saturated rings. The zero-order valence-electron chi connectivity index (χ0n) is 12.8. The van der Waals surface area contributed by atoms with Gasteiger partial charge in [-0.15, -0.1) is 0 Å². The maximum atomic E-state index is 3.82. The predicted octanol–water partition coefficient (Wildman–Crippen LogP) is 3.42. The molecule has 0 radical (unpaired) electrons. The Morgan fingerprint density at radius 3 is 2.22 bits per heavy atom. The molecule has 1 N–H and O–H groups in total. The van der Waals surface area contributed by atoms with Crippen LogP contribution in [0, 0.1) is 5.92 Å². The van der Waals surface area contributed by atoms with E-state index in [4.69, 9.17) is 0 Å². The first-order chi connectivity index (χ1) is 8.60. The molecular formula is C16H32N2. The maximum Gasteiger partial charge on any atom is 0.0304 e. The van der Waals surface area contributed by atoms with Crippen molar-refractivity contribution in [1.82, 2.24) is 10.2 Å². The van der Waals surface area contributed by atoms with Crippen LogP contribution in [0.25, 0.3) is 0 Å². The molecule has 0 spiro atoms. The molecule has 106 valence electrons. The molecule has 2 nitrogen and oxygen atoms in total. The second-order valence-corrected chi connectivity index (χ2v) is 6.80. The van der Waals surface area contributed by atoms with Gasteiger partial charge in [-0.25, -0.2) is 0 Å². The van der Waals surface area contributed by atoms with E-state index >= 15 is 0 Å². The molecule has 2 rings (SSSR count). The quantitative estimate of drug-likeness (QED) is 0.828. The van der Waals surface area contributed by atoms with Gasteiger partial charge in [-0.3, -0.25) is 4.90 Å². The Bertz CT molecular complexity index is 252. The molecule has 0 aromatic heterocycles. The van der Waals surface area contributed by atoms with Crippen LogP contribution in [-0.2, 0) is 0 Å². The Morgan fingerprint density at radius 2 is 1.67 bits per heavy atom. The molecule has 1 atom stereocenters. The summed E-state index contributed by atoms with van der Waals surface area (Å²) in [7, 11) is 0. The lowest BCUT2D eigenvalue weighted by atomic mass is 9.83. The van der Waals surface area contributed by atoms with Crippen molar-refractivity contribution < 1.29 is 0 Å². The Hall–Kier alpha value is -0.0800. The van der Waals surface area contributed by atoms with Crippen LogP contribution in [0.15, 0.2) is 0 Å². The van der Waals surface area contributed by atoms with Crippen LogP contribution in [-0.4, -0.2) is 35.6 Å². The maximum absolute atomic E-state index is 3.82. The van der Waals surface area contributed by atoms with E-state index in [-0.39, 0.29) is 0 Å². The molecule has 1 saturated carbocycles. The van der Waals surface area contributed by atoms with Gasteiger partial charge < -0.3 is 5.32 Å². The van der Waals surface area contributed by atoms with Crippen molar-refractivity contribution >= 4 is 0 Å². The van der Waals surface area contributed by atoms with E-state index in [1.807, 2.05) is 0 Å². The molecule has 1 aliphatic heterocycles. The van der Waals surface area contributed by atoms with Crippen molar-refractivity contribution in [2.45, 2.75) is 83.8 Å². The second kappa shape index (κ2) is 5.92. The fraction of sp³-hybridized carbons (Fsp3) is 1.00. The smallest absolute Gasteiger partial charge is 0.0304 e. The Morgan fingerprint density at radius 1 is 1.06 bits per heavy atom. The van der Waals surface area contributed by atoms with Gasteiger partial charge in [0.2, 0.25) is 0 Å². The average Bonchev–Trinajstić information content (AvgIpc) is 2.41. The number of piperazine rings is 1. The number of hydrogen-bond acceptors (Lipinski definition) is 2. The first kappa shape index (κ1) is 14.3. The lowest BCUT2D eigenvalue weighted by Gasteiger charge is -2.50. The van der Waals surface area contributed by atoms with Crippen molar-refractivity contribution in [3.63, 3.8) is 0 Å². The van der Waals surface area contributed by atoms with Crippen molar-refractivity contribution in [2.24, 2.45) is 5.92 Å². The van der Waals surface area contributed by atoms with E-state index < -0.39 is 0 Å². The third-order valence-electron chi connectivity index (χ3n) is 5.63. The minimum Gasteiger partial charge on any atom is -0.308 e. The SMILES string of the molecule is CCC1(CC)CN(C2CCC(C)CC2)C(C)CN1. The summed E-state index contributed by atoms with van der Waals surface area (Å²) in [5, 5.41) is 3.82. The third kappa shape index (κ3) is 2.91. The molecule has 2 heteroatoms. The third-order valence-corrected chi connectivity index (χ3v) is 5.63. The molecule has 1 aliphatic carbocycles. The predicted molar refractivity (Wildman–Crippen MR) is 78.9 cm³/mol. The summed E-state index contributed by atoms with van der Waals surface area (Å²) in [5.41, 5.74) is 0.384. The number of rotatable bonds is 3. The average molecular weight is 252 g/mol. The lowest BCUT2D eigenvalue weighted by molar-refractivity contribution is 0.0252. The van der Waals surface area contributed by atoms with Gasteiger partial charge >= 0.3 is 0 Å². The standard InChI is InChI=1S/C16H32N2/c1-5-16(6-2)12-18(14(4)11-17-16)15-9-7-13(3)8-10-15/h13-15,17H,5-12H2,1-4H3. The van der Waals surface area contributed by atoms with Crippen LogP contribution >= 0.6 is 0 Å². The summed E-state index contributed by atoms with van der Waals surface area (Å²) in [4.78, 5) is 2.83. The van der Waals surface area contributed by atoms with Gasteiger partial charge in [0.1, 0.15) is 0 Å². The Kier molecular flexibility index (Phi) is 4.71.